The number of nitrogens with zero attached hydrogens (tertiary/aromatic N) is 1. The quantitative estimate of drug-likeness (QED) is 0.752. The Kier molecular flexibility index (Phi) is 3.77. The third-order valence-corrected chi connectivity index (χ3v) is 4.65. The molecular weight excluding hydrogens is 286 g/mol. The van der Waals surface area contributed by atoms with Gasteiger partial charge in [0, 0.05) is 29.9 Å². The Morgan fingerprint density at radius 1 is 1.22 bits per heavy atom. The smallest absolute Gasteiger partial charge is 0.167 e. The zero-order valence-corrected chi connectivity index (χ0v) is 14.0. The van der Waals surface area contributed by atoms with Gasteiger partial charge in [0.2, 0.25) is 0 Å². The van der Waals surface area contributed by atoms with E-state index >= 15 is 0 Å². The molecule has 1 N–H and O–H groups in total. The Balaban J connectivity index is 1.98. The maximum absolute atomic E-state index is 10.2. The van der Waals surface area contributed by atoms with Crippen LogP contribution in [0.1, 0.15) is 41.2 Å². The van der Waals surface area contributed by atoms with Crippen LogP contribution in [-0.4, -0.2) is 15.7 Å². The fourth-order valence-electron chi connectivity index (χ4n) is 2.98. The topological polar surface area (TPSA) is 42.4 Å². The zero-order valence-electron chi connectivity index (χ0n) is 14.0. The van der Waals surface area contributed by atoms with Gasteiger partial charge in [-0.25, -0.2) is 0 Å². The van der Waals surface area contributed by atoms with Gasteiger partial charge in [0.05, 0.1) is 0 Å². The highest BCUT2D eigenvalue weighted by Crippen LogP contribution is 2.43. The minimum absolute atomic E-state index is 0.384. The van der Waals surface area contributed by atoms with E-state index in [2.05, 4.69) is 16.8 Å². The van der Waals surface area contributed by atoms with Crippen LogP contribution in [0.25, 0.3) is 0 Å². The average Bonchev–Trinajstić information content (AvgIpc) is 2.57. The first-order valence-corrected chi connectivity index (χ1v) is 7.85. The molecule has 0 amide bonds. The van der Waals surface area contributed by atoms with Crippen LogP contribution in [0, 0.1) is 32.6 Å². The van der Waals surface area contributed by atoms with Gasteiger partial charge in [0.25, 0.3) is 0 Å². The van der Waals surface area contributed by atoms with Gasteiger partial charge in [0.1, 0.15) is 11.5 Å². The van der Waals surface area contributed by atoms with Gasteiger partial charge in [-0.15, -0.1) is 0 Å². The van der Waals surface area contributed by atoms with Crippen LogP contribution in [0.15, 0.2) is 24.5 Å². The van der Waals surface area contributed by atoms with Crippen molar-refractivity contribution in [2.75, 3.05) is 0 Å². The predicted octanol–water partition coefficient (Wildman–Crippen LogP) is 3.85. The first-order chi connectivity index (χ1) is 10.9. The summed E-state index contributed by atoms with van der Waals surface area (Å²) in [6.07, 6.45) is 5.15. The molecule has 23 heavy (non-hydrogen) atoms. The number of pyridine rings is 1. The summed E-state index contributed by atoms with van der Waals surface area (Å²) in [5.41, 5.74) is 4.26. The van der Waals surface area contributed by atoms with E-state index in [9.17, 15) is 5.11 Å². The van der Waals surface area contributed by atoms with Crippen molar-refractivity contribution in [2.45, 2.75) is 46.1 Å². The molecule has 118 valence electrons. The second-order valence-electron chi connectivity index (χ2n) is 6.36. The number of aromatic nitrogens is 1. The minimum atomic E-state index is -0.524. The molecule has 1 aliphatic heterocycles. The molecule has 1 atom stereocenters. The lowest BCUT2D eigenvalue weighted by Gasteiger charge is -2.34. The second kappa shape index (κ2) is 5.62. The first kappa shape index (κ1) is 15.4. The van der Waals surface area contributed by atoms with E-state index in [-0.39, 0.29) is 0 Å². The van der Waals surface area contributed by atoms with E-state index in [4.69, 9.17) is 4.74 Å². The number of ether oxygens (including phenoxy) is 1. The van der Waals surface area contributed by atoms with Gasteiger partial charge < -0.3 is 9.84 Å². The summed E-state index contributed by atoms with van der Waals surface area (Å²) >= 11 is 0. The van der Waals surface area contributed by atoms with Crippen LogP contribution in [0.2, 0.25) is 0 Å². The summed E-state index contributed by atoms with van der Waals surface area (Å²) in [6, 6.07) is 3.82. The summed E-state index contributed by atoms with van der Waals surface area (Å²) in [6.45, 7) is 7.90. The number of benzene rings is 1. The van der Waals surface area contributed by atoms with E-state index in [0.717, 1.165) is 46.4 Å². The summed E-state index contributed by atoms with van der Waals surface area (Å²) in [5, 5.41) is 10.2. The summed E-state index contributed by atoms with van der Waals surface area (Å²) in [7, 11) is 0. The van der Waals surface area contributed by atoms with E-state index in [0.29, 0.717) is 5.75 Å². The fraction of sp³-hybridized carbons (Fsp3) is 0.350. The van der Waals surface area contributed by atoms with Crippen LogP contribution in [-0.2, 0) is 6.42 Å². The lowest BCUT2D eigenvalue weighted by atomic mass is 9.87. The number of hydrogen-bond donors (Lipinski definition) is 1. The van der Waals surface area contributed by atoms with Crippen LogP contribution >= 0.6 is 0 Å². The molecule has 0 fully saturated rings. The molecule has 0 saturated carbocycles. The molecule has 0 bridgehead atoms. The molecule has 0 saturated heterocycles. The number of phenolic OH excluding ortho intramolecular Hbond substituents is 1. The maximum atomic E-state index is 10.2. The SMILES string of the molecule is Cc1c(C)c2c(c(C)c1O)CCC(C)(C#Cc1cccnc1)O2. The Hall–Kier alpha value is -2.47. The third kappa shape index (κ3) is 2.77. The van der Waals surface area contributed by atoms with E-state index in [1.54, 1.807) is 12.4 Å². The van der Waals surface area contributed by atoms with Gasteiger partial charge in [-0.3, -0.25) is 4.98 Å². The van der Waals surface area contributed by atoms with Crippen LogP contribution < -0.4 is 4.74 Å². The fourth-order valence-corrected chi connectivity index (χ4v) is 2.98. The Bertz CT molecular complexity index is 815. The molecule has 1 aromatic heterocycles. The molecule has 1 aliphatic rings. The zero-order chi connectivity index (χ0) is 16.6. The van der Waals surface area contributed by atoms with Crippen molar-refractivity contribution in [3.8, 4) is 23.3 Å². The van der Waals surface area contributed by atoms with Gasteiger partial charge >= 0.3 is 0 Å². The summed E-state index contributed by atoms with van der Waals surface area (Å²) < 4.78 is 6.28. The van der Waals surface area contributed by atoms with E-state index < -0.39 is 5.60 Å². The highest BCUT2D eigenvalue weighted by Gasteiger charge is 2.33. The highest BCUT2D eigenvalue weighted by atomic mass is 16.5. The lowest BCUT2D eigenvalue weighted by molar-refractivity contribution is 0.122. The van der Waals surface area contributed by atoms with E-state index in [1.807, 2.05) is 39.8 Å². The second-order valence-corrected chi connectivity index (χ2v) is 6.36. The minimum Gasteiger partial charge on any atom is -0.507 e. The molecule has 1 aromatic carbocycles. The van der Waals surface area contributed by atoms with Crippen molar-refractivity contribution in [3.05, 3.63) is 52.3 Å². The molecule has 3 heteroatoms. The van der Waals surface area contributed by atoms with Crippen molar-refractivity contribution in [1.82, 2.24) is 4.98 Å². The maximum Gasteiger partial charge on any atom is 0.167 e. The van der Waals surface area contributed by atoms with Gasteiger partial charge in [0.15, 0.2) is 5.60 Å². The molecule has 0 spiro atoms. The molecule has 1 unspecified atom stereocenters. The molecule has 0 aliphatic carbocycles. The van der Waals surface area contributed by atoms with Crippen LogP contribution in [0.3, 0.4) is 0 Å². The highest BCUT2D eigenvalue weighted by molar-refractivity contribution is 5.58. The van der Waals surface area contributed by atoms with Crippen molar-refractivity contribution in [3.63, 3.8) is 0 Å². The Morgan fingerprint density at radius 2 is 2.00 bits per heavy atom. The molecule has 3 nitrogen and oxygen atoms in total. The number of aromatic hydroxyl groups is 1. The van der Waals surface area contributed by atoms with Gasteiger partial charge in [-0.1, -0.05) is 11.8 Å². The van der Waals surface area contributed by atoms with Crippen molar-refractivity contribution in [1.29, 1.82) is 0 Å². The Labute approximate surface area is 137 Å². The third-order valence-electron chi connectivity index (χ3n) is 4.65. The predicted molar refractivity (Wildman–Crippen MR) is 90.8 cm³/mol. The van der Waals surface area contributed by atoms with Crippen molar-refractivity contribution in [2.24, 2.45) is 0 Å². The molecule has 2 aromatic rings. The number of hydrogen-bond acceptors (Lipinski definition) is 3. The summed E-state index contributed by atoms with van der Waals surface area (Å²) in [5.74, 6) is 7.69. The molecular formula is C20H21NO2. The van der Waals surface area contributed by atoms with Crippen molar-refractivity contribution >= 4 is 0 Å². The summed E-state index contributed by atoms with van der Waals surface area (Å²) in [4.78, 5) is 4.08. The Morgan fingerprint density at radius 3 is 2.70 bits per heavy atom. The average molecular weight is 307 g/mol. The number of fused-ring (bicyclic) bond motifs is 1. The normalized spacial score (nSPS) is 19.3. The standard InChI is InChI=1S/C20H21NO2/c1-13-14(2)19-17(15(3)18(13)22)8-10-20(4,23-19)9-7-16-6-5-11-21-12-16/h5-6,11-12,22H,8,10H2,1-4H3. The van der Waals surface area contributed by atoms with Gasteiger partial charge in [-0.05, 0) is 62.9 Å². The first-order valence-electron chi connectivity index (χ1n) is 7.85. The largest absolute Gasteiger partial charge is 0.507 e. The monoisotopic (exact) mass is 307 g/mol. The lowest BCUT2D eigenvalue weighted by Crippen LogP contribution is -2.35. The number of rotatable bonds is 0. The molecule has 2 heterocycles. The van der Waals surface area contributed by atoms with Crippen LogP contribution in [0.4, 0.5) is 0 Å². The van der Waals surface area contributed by atoms with Crippen LogP contribution in [0.5, 0.6) is 11.5 Å². The molecule has 3 rings (SSSR count). The van der Waals surface area contributed by atoms with Crippen molar-refractivity contribution < 1.29 is 9.84 Å². The number of phenols is 1. The molecule has 0 radical (unpaired) electrons. The van der Waals surface area contributed by atoms with E-state index in [1.165, 1.54) is 0 Å². The van der Waals surface area contributed by atoms with Gasteiger partial charge in [-0.2, -0.15) is 0 Å².